The number of allylic oxidation sites excluding steroid dienone is 1. The van der Waals surface area contributed by atoms with Gasteiger partial charge < -0.3 is 9.84 Å². The molecule has 1 N–H and O–H groups in total. The van der Waals surface area contributed by atoms with E-state index in [4.69, 9.17) is 4.74 Å². The van der Waals surface area contributed by atoms with Crippen molar-refractivity contribution in [3.8, 4) is 0 Å². The Morgan fingerprint density at radius 3 is 2.45 bits per heavy atom. The fourth-order valence-electron chi connectivity index (χ4n) is 8.84. The minimum absolute atomic E-state index is 0.0918. The maximum absolute atomic E-state index is 11.8. The van der Waals surface area contributed by atoms with Gasteiger partial charge in [-0.15, -0.1) is 0 Å². The molecule has 3 saturated carbocycles. The lowest BCUT2D eigenvalue weighted by Crippen LogP contribution is -2.60. The molecule has 0 amide bonds. The average Bonchev–Trinajstić information content (AvgIpc) is 3.09. The van der Waals surface area contributed by atoms with Crippen molar-refractivity contribution in [3.05, 3.63) is 11.6 Å². The third-order valence-electron chi connectivity index (χ3n) is 11.5. The Balaban J connectivity index is 1.51. The smallest absolute Gasteiger partial charge is 0.302 e. The van der Waals surface area contributed by atoms with Gasteiger partial charge in [0.25, 0.3) is 0 Å². The molecule has 0 aromatic rings. The van der Waals surface area contributed by atoms with E-state index in [1.807, 2.05) is 0 Å². The van der Waals surface area contributed by atoms with E-state index in [1.54, 1.807) is 5.57 Å². The summed E-state index contributed by atoms with van der Waals surface area (Å²) in [6, 6.07) is 0. The first kappa shape index (κ1) is 25.3. The number of esters is 1. The van der Waals surface area contributed by atoms with Crippen LogP contribution in [0.3, 0.4) is 0 Å². The van der Waals surface area contributed by atoms with Crippen LogP contribution < -0.4 is 0 Å². The molecule has 188 valence electrons. The molecule has 4 rings (SSSR count). The Labute approximate surface area is 203 Å². The van der Waals surface area contributed by atoms with Gasteiger partial charge in [-0.25, -0.2) is 0 Å². The van der Waals surface area contributed by atoms with Gasteiger partial charge in [0.1, 0.15) is 6.10 Å². The SMILES string of the molecule is CC(=O)O[C@H]1CC[C@]2(C)[C@H]3CC[C@]4(C)[C@@H]([C@H](C)CC[C@H](C)C(C)C)CC[C@H]4C3=CC[C@@]2(O)C1. The third kappa shape index (κ3) is 4.23. The van der Waals surface area contributed by atoms with Gasteiger partial charge in [-0.1, -0.05) is 66.0 Å². The third-order valence-corrected chi connectivity index (χ3v) is 11.5. The summed E-state index contributed by atoms with van der Waals surface area (Å²) in [7, 11) is 0. The number of fused-ring (bicyclic) bond motifs is 5. The van der Waals surface area contributed by atoms with Crippen molar-refractivity contribution in [1.82, 2.24) is 0 Å². The van der Waals surface area contributed by atoms with Crippen molar-refractivity contribution in [2.75, 3.05) is 0 Å². The summed E-state index contributed by atoms with van der Waals surface area (Å²) in [6.07, 6.45) is 13.4. The molecule has 0 radical (unpaired) electrons. The molecule has 0 spiro atoms. The minimum atomic E-state index is -0.744. The fraction of sp³-hybridized carbons (Fsp3) is 0.900. The fourth-order valence-corrected chi connectivity index (χ4v) is 8.84. The molecule has 3 nitrogen and oxygen atoms in total. The van der Waals surface area contributed by atoms with E-state index in [1.165, 1.54) is 45.4 Å². The molecule has 4 aliphatic rings. The summed E-state index contributed by atoms with van der Waals surface area (Å²) in [5, 5.41) is 11.8. The molecule has 3 fully saturated rings. The zero-order chi connectivity index (χ0) is 24.2. The molecule has 0 aromatic carbocycles. The summed E-state index contributed by atoms with van der Waals surface area (Å²) in [6.45, 7) is 16.1. The lowest BCUT2D eigenvalue weighted by atomic mass is 9.46. The molecule has 0 unspecified atom stereocenters. The second kappa shape index (κ2) is 8.99. The number of hydrogen-bond donors (Lipinski definition) is 1. The van der Waals surface area contributed by atoms with Crippen molar-refractivity contribution >= 4 is 5.97 Å². The quantitative estimate of drug-likeness (QED) is 0.335. The predicted molar refractivity (Wildman–Crippen MR) is 135 cm³/mol. The largest absolute Gasteiger partial charge is 0.462 e. The Morgan fingerprint density at radius 1 is 1.06 bits per heavy atom. The first-order valence-corrected chi connectivity index (χ1v) is 14.0. The summed E-state index contributed by atoms with van der Waals surface area (Å²) < 4.78 is 5.55. The van der Waals surface area contributed by atoms with E-state index < -0.39 is 5.60 Å². The first-order chi connectivity index (χ1) is 15.4. The van der Waals surface area contributed by atoms with Crippen molar-refractivity contribution < 1.29 is 14.6 Å². The summed E-state index contributed by atoms with van der Waals surface area (Å²) in [4.78, 5) is 11.5. The van der Waals surface area contributed by atoms with E-state index >= 15 is 0 Å². The highest BCUT2D eigenvalue weighted by molar-refractivity contribution is 5.66. The number of carbonyl (C=O) groups excluding carboxylic acids is 1. The molecule has 0 aliphatic heterocycles. The topological polar surface area (TPSA) is 46.5 Å². The number of rotatable bonds is 6. The van der Waals surface area contributed by atoms with Crippen LogP contribution in [0.2, 0.25) is 0 Å². The molecular formula is C30H50O3. The van der Waals surface area contributed by atoms with Gasteiger partial charge >= 0.3 is 5.97 Å². The maximum atomic E-state index is 11.8. The van der Waals surface area contributed by atoms with E-state index in [0.717, 1.165) is 42.9 Å². The molecule has 3 heteroatoms. The van der Waals surface area contributed by atoms with E-state index in [0.29, 0.717) is 23.7 Å². The van der Waals surface area contributed by atoms with Crippen molar-refractivity contribution in [3.63, 3.8) is 0 Å². The standard InChI is InChI=1S/C30H50O3/c1-19(2)20(3)8-9-21(4)25-10-11-26-24-13-17-30(32)18-23(33-22(5)31)12-16-29(30,7)27(24)14-15-28(25,26)6/h13,19-21,23,25-27,32H,8-12,14-18H2,1-7H3/t20-,21+,23-,25+,26-,27-,28+,29+,30+/m0/s1. The minimum Gasteiger partial charge on any atom is -0.462 e. The van der Waals surface area contributed by atoms with Crippen molar-refractivity contribution in [2.45, 2.75) is 124 Å². The number of hydrogen-bond acceptors (Lipinski definition) is 3. The van der Waals surface area contributed by atoms with Crippen LogP contribution in [0.1, 0.15) is 113 Å². The van der Waals surface area contributed by atoms with Gasteiger partial charge in [0.15, 0.2) is 0 Å². The van der Waals surface area contributed by atoms with E-state index in [2.05, 4.69) is 47.6 Å². The highest BCUT2D eigenvalue weighted by Crippen LogP contribution is 2.67. The number of aliphatic hydroxyl groups is 1. The van der Waals surface area contributed by atoms with Crippen LogP contribution >= 0.6 is 0 Å². The zero-order valence-corrected chi connectivity index (χ0v) is 22.5. The number of carbonyl (C=O) groups is 1. The van der Waals surface area contributed by atoms with Gasteiger partial charge in [0, 0.05) is 18.8 Å². The lowest BCUT2D eigenvalue weighted by molar-refractivity contribution is -0.183. The Kier molecular flexibility index (Phi) is 6.89. The van der Waals surface area contributed by atoms with Crippen molar-refractivity contribution in [1.29, 1.82) is 0 Å². The van der Waals surface area contributed by atoms with Crippen LogP contribution in [0.4, 0.5) is 0 Å². The highest BCUT2D eigenvalue weighted by atomic mass is 16.5. The van der Waals surface area contributed by atoms with Gasteiger partial charge in [-0.2, -0.15) is 0 Å². The average molecular weight is 459 g/mol. The molecule has 0 bridgehead atoms. The van der Waals surface area contributed by atoms with Crippen LogP contribution in [0.25, 0.3) is 0 Å². The summed E-state index contributed by atoms with van der Waals surface area (Å²) in [5.74, 6) is 4.19. The van der Waals surface area contributed by atoms with E-state index in [9.17, 15) is 9.90 Å². The van der Waals surface area contributed by atoms with Crippen LogP contribution in [0, 0.1) is 46.3 Å². The first-order valence-electron chi connectivity index (χ1n) is 14.0. The van der Waals surface area contributed by atoms with Gasteiger partial charge in [-0.3, -0.25) is 4.79 Å². The Hall–Kier alpha value is -0.830. The molecular weight excluding hydrogens is 408 g/mol. The van der Waals surface area contributed by atoms with Crippen LogP contribution in [0.5, 0.6) is 0 Å². The molecule has 9 atom stereocenters. The molecule has 0 aromatic heterocycles. The normalized spacial score (nSPS) is 44.3. The monoisotopic (exact) mass is 458 g/mol. The molecule has 0 heterocycles. The second-order valence-corrected chi connectivity index (χ2v) is 13.4. The molecule has 0 saturated heterocycles. The Bertz CT molecular complexity index is 771. The Morgan fingerprint density at radius 2 is 1.79 bits per heavy atom. The molecule has 4 aliphatic carbocycles. The maximum Gasteiger partial charge on any atom is 0.302 e. The highest BCUT2D eigenvalue weighted by Gasteiger charge is 2.62. The summed E-state index contributed by atoms with van der Waals surface area (Å²) in [5.41, 5.74) is 1.27. The van der Waals surface area contributed by atoms with Gasteiger partial charge in [-0.05, 0) is 85.9 Å². The summed E-state index contributed by atoms with van der Waals surface area (Å²) >= 11 is 0. The van der Waals surface area contributed by atoms with E-state index in [-0.39, 0.29) is 17.5 Å². The number of ether oxygens (including phenoxy) is 1. The van der Waals surface area contributed by atoms with Crippen LogP contribution in [-0.4, -0.2) is 22.8 Å². The van der Waals surface area contributed by atoms with Crippen molar-refractivity contribution in [2.24, 2.45) is 46.3 Å². The second-order valence-electron chi connectivity index (χ2n) is 13.4. The zero-order valence-electron chi connectivity index (χ0n) is 22.5. The van der Waals surface area contributed by atoms with Gasteiger partial charge in [0.05, 0.1) is 5.60 Å². The van der Waals surface area contributed by atoms with Gasteiger partial charge in [0.2, 0.25) is 0 Å². The van der Waals surface area contributed by atoms with Crippen LogP contribution in [-0.2, 0) is 9.53 Å². The van der Waals surface area contributed by atoms with Crippen LogP contribution in [0.15, 0.2) is 11.6 Å². The lowest BCUT2D eigenvalue weighted by Gasteiger charge is -2.61. The molecule has 33 heavy (non-hydrogen) atoms. The predicted octanol–water partition coefficient (Wildman–Crippen LogP) is 7.32.